The molecule has 4 nitrogen and oxygen atoms in total. The van der Waals surface area contributed by atoms with Gasteiger partial charge in [0.15, 0.2) is 0 Å². The molecule has 0 saturated heterocycles. The number of aliphatic imine (C=N–C) groups is 1. The van der Waals surface area contributed by atoms with E-state index in [1.54, 1.807) is 13.2 Å². The van der Waals surface area contributed by atoms with Crippen LogP contribution in [0.5, 0.6) is 11.5 Å². The monoisotopic (exact) mass is 436 g/mol. The first-order valence-corrected chi connectivity index (χ1v) is 9.94. The number of phenols is 1. The zero-order valence-electron chi connectivity index (χ0n) is 15.5. The fourth-order valence-electron chi connectivity index (χ4n) is 3.46. The second-order valence-corrected chi connectivity index (χ2v) is 7.66. The van der Waals surface area contributed by atoms with Gasteiger partial charge in [-0.15, -0.1) is 0 Å². The highest BCUT2D eigenvalue weighted by Gasteiger charge is 2.27. The van der Waals surface area contributed by atoms with Gasteiger partial charge in [-0.3, -0.25) is 10.3 Å². The number of aromatic hydroxyl groups is 1. The van der Waals surface area contributed by atoms with Crippen LogP contribution in [-0.2, 0) is 0 Å². The first-order valence-electron chi connectivity index (χ1n) is 9.14. The molecule has 0 fully saturated rings. The Labute approximate surface area is 173 Å². The van der Waals surface area contributed by atoms with Gasteiger partial charge in [0, 0.05) is 28.2 Å². The molecular weight excluding hydrogens is 416 g/mol. The van der Waals surface area contributed by atoms with Gasteiger partial charge in [-0.25, -0.2) is 0 Å². The number of rotatable bonds is 4. The third-order valence-electron chi connectivity index (χ3n) is 4.96. The Kier molecular flexibility index (Phi) is 5.46. The van der Waals surface area contributed by atoms with Crippen molar-refractivity contribution in [2.24, 2.45) is 4.99 Å². The van der Waals surface area contributed by atoms with Crippen LogP contribution in [-0.4, -0.2) is 17.9 Å². The molecule has 1 aliphatic heterocycles. The summed E-state index contributed by atoms with van der Waals surface area (Å²) in [5.41, 5.74) is 4.02. The Bertz CT molecular complexity index is 984. The summed E-state index contributed by atoms with van der Waals surface area (Å²) in [5, 5.41) is 14.0. The number of halogens is 1. The van der Waals surface area contributed by atoms with Gasteiger partial charge in [0.05, 0.1) is 7.11 Å². The number of phenolic OH excluding ortho intramolecular Hbond substituents is 1. The molecule has 3 aromatic carbocycles. The minimum Gasteiger partial charge on any atom is -0.508 e. The number of ether oxygens (including phenoxy) is 1. The second kappa shape index (κ2) is 8.17. The van der Waals surface area contributed by atoms with Crippen LogP contribution in [0.3, 0.4) is 0 Å². The number of para-hydroxylation sites is 1. The molecule has 4 rings (SSSR count). The number of nitrogens with zero attached hydrogens (tertiary/aromatic N) is 1. The van der Waals surface area contributed by atoms with Crippen molar-refractivity contribution in [3.63, 3.8) is 0 Å². The van der Waals surface area contributed by atoms with E-state index in [4.69, 9.17) is 9.73 Å². The minimum atomic E-state index is -0.191. The van der Waals surface area contributed by atoms with Crippen LogP contribution >= 0.6 is 15.9 Å². The van der Waals surface area contributed by atoms with Gasteiger partial charge in [0.1, 0.15) is 17.7 Å². The Hall–Kier alpha value is -2.63. The van der Waals surface area contributed by atoms with Gasteiger partial charge in [0.2, 0.25) is 0 Å². The van der Waals surface area contributed by atoms with E-state index in [0.717, 1.165) is 32.6 Å². The molecule has 0 spiro atoms. The molecule has 0 saturated carbocycles. The first-order chi connectivity index (χ1) is 13.6. The first kappa shape index (κ1) is 18.7. The summed E-state index contributed by atoms with van der Waals surface area (Å²) >= 11 is 3.49. The highest BCUT2D eigenvalue weighted by atomic mass is 79.9. The number of hydrogen-bond acceptors (Lipinski definition) is 4. The number of hydrogen-bond donors (Lipinski definition) is 2. The molecule has 0 bridgehead atoms. The number of nitrogens with one attached hydrogen (secondary N) is 1. The predicted molar refractivity (Wildman–Crippen MR) is 115 cm³/mol. The second-order valence-electron chi connectivity index (χ2n) is 6.74. The molecule has 1 heterocycles. The molecule has 0 aromatic heterocycles. The molecule has 142 valence electrons. The molecule has 2 atom stereocenters. The van der Waals surface area contributed by atoms with E-state index < -0.39 is 0 Å². The third kappa shape index (κ3) is 3.96. The number of methoxy groups -OCH3 is 1. The molecular formula is C23H21BrN2O2. The molecule has 0 amide bonds. The zero-order chi connectivity index (χ0) is 19.5. The quantitative estimate of drug-likeness (QED) is 0.576. The van der Waals surface area contributed by atoms with Crippen molar-refractivity contribution in [3.8, 4) is 11.5 Å². The van der Waals surface area contributed by atoms with Gasteiger partial charge in [-0.05, 0) is 53.6 Å². The smallest absolute Gasteiger partial charge is 0.126 e. The lowest BCUT2D eigenvalue weighted by Crippen LogP contribution is -2.33. The molecule has 0 unspecified atom stereocenters. The summed E-state index contributed by atoms with van der Waals surface area (Å²) in [6.45, 7) is 0. The van der Waals surface area contributed by atoms with Gasteiger partial charge in [-0.2, -0.15) is 0 Å². The molecule has 1 aliphatic rings. The normalized spacial score (nSPS) is 19.1. The van der Waals surface area contributed by atoms with E-state index >= 15 is 0 Å². The van der Waals surface area contributed by atoms with E-state index in [1.165, 1.54) is 0 Å². The fourth-order valence-corrected chi connectivity index (χ4v) is 3.73. The summed E-state index contributed by atoms with van der Waals surface area (Å²) < 4.78 is 6.31. The molecule has 0 aliphatic carbocycles. The Morgan fingerprint density at radius 3 is 2.39 bits per heavy atom. The Morgan fingerprint density at radius 2 is 1.71 bits per heavy atom. The Morgan fingerprint density at radius 1 is 1.00 bits per heavy atom. The average Bonchev–Trinajstić information content (AvgIpc) is 2.74. The summed E-state index contributed by atoms with van der Waals surface area (Å²) in [5.74, 6) is 1.12. The Balaban J connectivity index is 1.73. The van der Waals surface area contributed by atoms with Gasteiger partial charge < -0.3 is 9.84 Å². The van der Waals surface area contributed by atoms with Gasteiger partial charge in [0.25, 0.3) is 0 Å². The maximum absolute atomic E-state index is 10.4. The lowest BCUT2D eigenvalue weighted by Gasteiger charge is -2.31. The predicted octanol–water partition coefficient (Wildman–Crippen LogP) is 5.39. The van der Waals surface area contributed by atoms with Crippen LogP contribution in [0.4, 0.5) is 0 Å². The zero-order valence-corrected chi connectivity index (χ0v) is 17.1. The molecule has 0 radical (unpaired) electrons. The summed E-state index contributed by atoms with van der Waals surface area (Å²) in [6, 6.07) is 23.6. The fraction of sp³-hybridized carbons (Fsp3) is 0.174. The molecule has 5 heteroatoms. The van der Waals surface area contributed by atoms with Crippen LogP contribution in [0.1, 0.15) is 35.3 Å². The average molecular weight is 437 g/mol. The van der Waals surface area contributed by atoms with Crippen LogP contribution in [0.25, 0.3) is 0 Å². The van der Waals surface area contributed by atoms with Crippen molar-refractivity contribution in [1.29, 1.82) is 0 Å². The van der Waals surface area contributed by atoms with Crippen LogP contribution < -0.4 is 10.1 Å². The summed E-state index contributed by atoms with van der Waals surface area (Å²) in [6.07, 6.45) is 0.500. The lowest BCUT2D eigenvalue weighted by atomic mass is 9.93. The van der Waals surface area contributed by atoms with E-state index in [0.29, 0.717) is 12.2 Å². The summed E-state index contributed by atoms with van der Waals surface area (Å²) in [7, 11) is 1.66. The van der Waals surface area contributed by atoms with Crippen molar-refractivity contribution in [2.75, 3.05) is 7.11 Å². The van der Waals surface area contributed by atoms with E-state index in [-0.39, 0.29) is 12.2 Å². The maximum atomic E-state index is 10.4. The molecule has 2 N–H and O–H groups in total. The van der Waals surface area contributed by atoms with Crippen molar-refractivity contribution < 1.29 is 9.84 Å². The van der Waals surface area contributed by atoms with E-state index in [9.17, 15) is 5.11 Å². The highest BCUT2D eigenvalue weighted by molar-refractivity contribution is 9.10. The van der Waals surface area contributed by atoms with Gasteiger partial charge in [-0.1, -0.05) is 46.3 Å². The van der Waals surface area contributed by atoms with Crippen molar-refractivity contribution in [1.82, 2.24) is 5.32 Å². The van der Waals surface area contributed by atoms with Gasteiger partial charge >= 0.3 is 0 Å². The lowest BCUT2D eigenvalue weighted by molar-refractivity contribution is 0.412. The molecule has 28 heavy (non-hydrogen) atoms. The van der Waals surface area contributed by atoms with Crippen molar-refractivity contribution >= 4 is 21.6 Å². The van der Waals surface area contributed by atoms with Crippen LogP contribution in [0.15, 0.2) is 82.3 Å². The number of benzene rings is 3. The third-order valence-corrected chi connectivity index (χ3v) is 5.49. The van der Waals surface area contributed by atoms with Crippen molar-refractivity contribution in [3.05, 3.63) is 94.0 Å². The summed E-state index contributed by atoms with van der Waals surface area (Å²) in [4.78, 5) is 4.98. The van der Waals surface area contributed by atoms with Crippen LogP contribution in [0, 0.1) is 0 Å². The van der Waals surface area contributed by atoms with Crippen molar-refractivity contribution in [2.45, 2.75) is 18.6 Å². The SMILES string of the molecule is COc1ccc(C2=N[C@H](c3ccc(Br)cc3)N[C@@H](c3ccccc3O)C2)cc1. The molecule has 3 aromatic rings. The van der Waals surface area contributed by atoms with Crippen LogP contribution in [0.2, 0.25) is 0 Å². The minimum absolute atomic E-state index is 0.0375. The standard InChI is InChI=1S/C23H21BrN2O2/c1-28-18-12-8-15(9-13-18)20-14-21(19-4-2-3-5-22(19)27)26-23(25-20)16-6-10-17(24)11-7-16/h2-13,21,23,26-27H,14H2,1H3/t21-,23+/m1/s1. The highest BCUT2D eigenvalue weighted by Crippen LogP contribution is 2.34. The van der Waals surface area contributed by atoms with E-state index in [1.807, 2.05) is 54.6 Å². The largest absolute Gasteiger partial charge is 0.508 e. The maximum Gasteiger partial charge on any atom is 0.126 e. The topological polar surface area (TPSA) is 53.8 Å². The van der Waals surface area contributed by atoms with E-state index in [2.05, 4.69) is 33.4 Å².